The van der Waals surface area contributed by atoms with Gasteiger partial charge in [-0.15, -0.1) is 24.0 Å². The zero-order valence-electron chi connectivity index (χ0n) is 13.8. The minimum absolute atomic E-state index is 0. The van der Waals surface area contributed by atoms with E-state index in [0.717, 1.165) is 30.9 Å². The monoisotopic (exact) mass is 464 g/mol. The zero-order valence-corrected chi connectivity index (χ0v) is 16.9. The molecule has 8 heteroatoms. The number of hydrogen-bond donors (Lipinski definition) is 3. The van der Waals surface area contributed by atoms with Crippen LogP contribution < -0.4 is 15.4 Å². The largest absolute Gasteiger partial charge is 0.357 e. The van der Waals surface area contributed by atoms with E-state index in [0.29, 0.717) is 17.5 Å². The van der Waals surface area contributed by atoms with Gasteiger partial charge in [-0.1, -0.05) is 12.1 Å². The molecule has 24 heavy (non-hydrogen) atoms. The third kappa shape index (κ3) is 5.89. The van der Waals surface area contributed by atoms with Crippen LogP contribution in [0.15, 0.2) is 34.2 Å². The van der Waals surface area contributed by atoms with E-state index < -0.39 is 10.0 Å². The molecule has 0 amide bonds. The van der Waals surface area contributed by atoms with Crippen molar-refractivity contribution in [2.45, 2.75) is 56.1 Å². The third-order valence-electron chi connectivity index (χ3n) is 3.81. The van der Waals surface area contributed by atoms with Crippen LogP contribution in [0.5, 0.6) is 0 Å². The van der Waals surface area contributed by atoms with Gasteiger partial charge < -0.3 is 10.6 Å². The molecule has 3 N–H and O–H groups in total. The van der Waals surface area contributed by atoms with Crippen molar-refractivity contribution in [2.75, 3.05) is 6.54 Å². The number of aliphatic imine (C=N–C) groups is 1. The van der Waals surface area contributed by atoms with Gasteiger partial charge in [0, 0.05) is 18.6 Å². The van der Waals surface area contributed by atoms with Crippen LogP contribution in [0.2, 0.25) is 0 Å². The van der Waals surface area contributed by atoms with Crippen molar-refractivity contribution >= 4 is 40.0 Å². The molecule has 0 saturated heterocycles. The highest BCUT2D eigenvalue weighted by Crippen LogP contribution is 2.22. The SMILES string of the molecule is CCNC(=NCc1ccc(S(=O)(=O)NC2CC2)cc1)NC1CC1.I. The standard InChI is InChI=1S/C16H24N4O2S.HI/c1-2-17-16(19-13-5-6-13)18-11-12-3-9-15(10-4-12)23(21,22)20-14-7-8-14;/h3-4,9-10,13-14,20H,2,5-8,11H2,1H3,(H2,17,18,19);1H. The minimum Gasteiger partial charge on any atom is -0.357 e. The Labute approximate surface area is 161 Å². The lowest BCUT2D eigenvalue weighted by Crippen LogP contribution is -2.38. The maximum Gasteiger partial charge on any atom is 0.240 e. The summed E-state index contributed by atoms with van der Waals surface area (Å²) >= 11 is 0. The van der Waals surface area contributed by atoms with Crippen LogP contribution in [-0.2, 0) is 16.6 Å². The molecule has 0 aromatic heterocycles. The molecule has 2 fully saturated rings. The lowest BCUT2D eigenvalue weighted by molar-refractivity contribution is 0.581. The predicted molar refractivity (Wildman–Crippen MR) is 106 cm³/mol. The average Bonchev–Trinajstić information content (AvgIpc) is 3.42. The summed E-state index contributed by atoms with van der Waals surface area (Å²) < 4.78 is 26.9. The van der Waals surface area contributed by atoms with E-state index in [4.69, 9.17) is 0 Å². The minimum atomic E-state index is -3.37. The van der Waals surface area contributed by atoms with Gasteiger partial charge in [-0.25, -0.2) is 18.1 Å². The first-order valence-electron chi connectivity index (χ1n) is 8.23. The second-order valence-electron chi connectivity index (χ2n) is 6.15. The molecule has 0 heterocycles. The highest BCUT2D eigenvalue weighted by molar-refractivity contribution is 14.0. The van der Waals surface area contributed by atoms with Crippen LogP contribution in [0.1, 0.15) is 38.2 Å². The highest BCUT2D eigenvalue weighted by Gasteiger charge is 2.27. The third-order valence-corrected chi connectivity index (χ3v) is 5.35. The van der Waals surface area contributed by atoms with Crippen LogP contribution in [0.25, 0.3) is 0 Å². The van der Waals surface area contributed by atoms with E-state index in [1.165, 1.54) is 12.8 Å². The van der Waals surface area contributed by atoms with Crippen molar-refractivity contribution in [3.63, 3.8) is 0 Å². The molecule has 1 aromatic rings. The van der Waals surface area contributed by atoms with Crippen molar-refractivity contribution in [1.82, 2.24) is 15.4 Å². The number of sulfonamides is 1. The van der Waals surface area contributed by atoms with Gasteiger partial charge in [0.2, 0.25) is 10.0 Å². The van der Waals surface area contributed by atoms with E-state index in [1.54, 1.807) is 12.1 Å². The molecule has 0 spiro atoms. The number of hydrogen-bond acceptors (Lipinski definition) is 3. The fourth-order valence-corrected chi connectivity index (χ4v) is 3.48. The first-order chi connectivity index (χ1) is 11.1. The van der Waals surface area contributed by atoms with E-state index in [9.17, 15) is 8.42 Å². The molecule has 0 unspecified atom stereocenters. The molecule has 0 bridgehead atoms. The van der Waals surface area contributed by atoms with Gasteiger partial charge in [0.05, 0.1) is 11.4 Å². The van der Waals surface area contributed by atoms with Crippen LogP contribution in [-0.4, -0.2) is 33.0 Å². The molecular formula is C16H25IN4O2S. The normalized spacial score (nSPS) is 18.0. The molecule has 0 radical (unpaired) electrons. The van der Waals surface area contributed by atoms with Crippen molar-refractivity contribution in [3.8, 4) is 0 Å². The maximum absolute atomic E-state index is 12.1. The van der Waals surface area contributed by atoms with Gasteiger partial charge in [-0.3, -0.25) is 0 Å². The zero-order chi connectivity index (χ0) is 16.3. The van der Waals surface area contributed by atoms with E-state index in [2.05, 4.69) is 20.3 Å². The average molecular weight is 464 g/mol. The number of rotatable bonds is 7. The summed E-state index contributed by atoms with van der Waals surface area (Å²) in [7, 11) is -3.37. The number of halogens is 1. The van der Waals surface area contributed by atoms with E-state index >= 15 is 0 Å². The summed E-state index contributed by atoms with van der Waals surface area (Å²) in [6, 6.07) is 7.62. The summed E-state index contributed by atoms with van der Waals surface area (Å²) in [5, 5.41) is 6.58. The fourth-order valence-electron chi connectivity index (χ4n) is 2.17. The topological polar surface area (TPSA) is 82.6 Å². The summed E-state index contributed by atoms with van der Waals surface area (Å²) in [6.07, 6.45) is 4.27. The number of benzene rings is 1. The number of nitrogens with one attached hydrogen (secondary N) is 3. The molecule has 6 nitrogen and oxygen atoms in total. The Balaban J connectivity index is 0.00000208. The van der Waals surface area contributed by atoms with Crippen molar-refractivity contribution in [1.29, 1.82) is 0 Å². The molecule has 3 rings (SSSR count). The molecule has 2 aliphatic carbocycles. The van der Waals surface area contributed by atoms with Gasteiger partial charge in [-0.05, 0) is 50.3 Å². The molecular weight excluding hydrogens is 439 g/mol. The Morgan fingerprint density at radius 2 is 1.75 bits per heavy atom. The lowest BCUT2D eigenvalue weighted by atomic mass is 10.2. The van der Waals surface area contributed by atoms with Crippen LogP contribution in [0, 0.1) is 0 Å². The second kappa shape index (κ2) is 8.48. The van der Waals surface area contributed by atoms with Crippen molar-refractivity contribution < 1.29 is 8.42 Å². The summed E-state index contributed by atoms with van der Waals surface area (Å²) in [6.45, 7) is 3.39. The first-order valence-corrected chi connectivity index (χ1v) is 9.71. The molecule has 0 atom stereocenters. The Morgan fingerprint density at radius 1 is 1.12 bits per heavy atom. The Hall–Kier alpha value is -0.870. The van der Waals surface area contributed by atoms with Gasteiger partial charge in [0.1, 0.15) is 0 Å². The fraction of sp³-hybridized carbons (Fsp3) is 0.562. The molecule has 1 aromatic carbocycles. The van der Waals surface area contributed by atoms with Crippen LogP contribution in [0.3, 0.4) is 0 Å². The van der Waals surface area contributed by atoms with E-state index in [-0.39, 0.29) is 30.0 Å². The first kappa shape index (κ1) is 19.5. The summed E-state index contributed by atoms with van der Waals surface area (Å²) in [5.41, 5.74) is 0.989. The van der Waals surface area contributed by atoms with Crippen LogP contribution in [0.4, 0.5) is 0 Å². The smallest absolute Gasteiger partial charge is 0.240 e. The number of guanidine groups is 1. The predicted octanol–water partition coefficient (Wildman–Crippen LogP) is 1.96. The Morgan fingerprint density at radius 3 is 2.29 bits per heavy atom. The van der Waals surface area contributed by atoms with Gasteiger partial charge >= 0.3 is 0 Å². The highest BCUT2D eigenvalue weighted by atomic mass is 127. The molecule has 2 aliphatic rings. The van der Waals surface area contributed by atoms with E-state index in [1.807, 2.05) is 19.1 Å². The number of nitrogens with zero attached hydrogens (tertiary/aromatic N) is 1. The van der Waals surface area contributed by atoms with Gasteiger partial charge in [0.25, 0.3) is 0 Å². The van der Waals surface area contributed by atoms with Gasteiger partial charge in [-0.2, -0.15) is 0 Å². The van der Waals surface area contributed by atoms with Crippen molar-refractivity contribution in [3.05, 3.63) is 29.8 Å². The Bertz CT molecular complexity index is 668. The Kier molecular flexibility index (Phi) is 6.88. The summed E-state index contributed by atoms with van der Waals surface area (Å²) in [4.78, 5) is 4.86. The maximum atomic E-state index is 12.1. The van der Waals surface area contributed by atoms with Crippen molar-refractivity contribution in [2.24, 2.45) is 4.99 Å². The molecule has 2 saturated carbocycles. The second-order valence-corrected chi connectivity index (χ2v) is 7.87. The summed E-state index contributed by atoms with van der Waals surface area (Å²) in [5.74, 6) is 0.821. The molecule has 0 aliphatic heterocycles. The lowest BCUT2D eigenvalue weighted by Gasteiger charge is -2.10. The quantitative estimate of drug-likeness (QED) is 0.328. The van der Waals surface area contributed by atoms with Gasteiger partial charge in [0.15, 0.2) is 5.96 Å². The molecule has 134 valence electrons. The van der Waals surface area contributed by atoms with Crippen LogP contribution >= 0.6 is 24.0 Å².